The second kappa shape index (κ2) is 11.0. The van der Waals surface area contributed by atoms with Crippen molar-refractivity contribution in [2.45, 2.75) is 51.9 Å². The van der Waals surface area contributed by atoms with E-state index in [0.717, 1.165) is 37.0 Å². The maximum Gasteiger partial charge on any atom is 0.229 e. The Morgan fingerprint density at radius 3 is 2.47 bits per heavy atom. The number of likely N-dealkylation sites (tertiary alicyclic amines) is 1. The number of para-hydroxylation sites is 1. The first-order chi connectivity index (χ1) is 16.5. The van der Waals surface area contributed by atoms with E-state index in [0.29, 0.717) is 45.6 Å². The molecule has 0 N–H and O–H groups in total. The van der Waals surface area contributed by atoms with Crippen molar-refractivity contribution in [3.8, 4) is 5.75 Å². The zero-order valence-corrected chi connectivity index (χ0v) is 20.1. The number of nitrogens with zero attached hydrogens (tertiary/aromatic N) is 2. The van der Waals surface area contributed by atoms with Crippen LogP contribution in [0.3, 0.4) is 0 Å². The van der Waals surface area contributed by atoms with Crippen molar-refractivity contribution in [3.63, 3.8) is 0 Å². The van der Waals surface area contributed by atoms with Crippen LogP contribution in [0.2, 0.25) is 0 Å². The molecule has 1 fully saturated rings. The van der Waals surface area contributed by atoms with Crippen LogP contribution in [0.25, 0.3) is 0 Å². The molecular weight excluding hydrogens is 431 g/mol. The number of benzene rings is 2. The van der Waals surface area contributed by atoms with Gasteiger partial charge >= 0.3 is 0 Å². The summed E-state index contributed by atoms with van der Waals surface area (Å²) in [5, 5.41) is 0. The summed E-state index contributed by atoms with van der Waals surface area (Å²) in [5.41, 5.74) is 1.63. The van der Waals surface area contributed by atoms with Gasteiger partial charge in [-0.1, -0.05) is 36.8 Å². The van der Waals surface area contributed by atoms with Crippen molar-refractivity contribution in [1.82, 2.24) is 9.80 Å². The standard InChI is InChI=1S/C28H35FN2O3/c1-2-30-19-20-34-25-9-4-3-7-23(25)8-5-6-14-28(27(30)33)15-17-31(18-16-28)26(32)21-22-10-12-24(29)13-11-22/h3-4,7,9-13H,2,5-6,8,14-21H2,1H3. The number of hydrogen-bond acceptors (Lipinski definition) is 3. The number of ether oxygens (including phenoxy) is 1. The maximum absolute atomic E-state index is 13.7. The van der Waals surface area contributed by atoms with E-state index in [4.69, 9.17) is 4.74 Å². The average Bonchev–Trinajstić information content (AvgIpc) is 2.86. The molecule has 4 rings (SSSR count). The lowest BCUT2D eigenvalue weighted by molar-refractivity contribution is -0.149. The van der Waals surface area contributed by atoms with Crippen LogP contribution in [0.15, 0.2) is 48.5 Å². The summed E-state index contributed by atoms with van der Waals surface area (Å²) in [5.74, 6) is 0.873. The van der Waals surface area contributed by atoms with E-state index < -0.39 is 5.41 Å². The van der Waals surface area contributed by atoms with Crippen molar-refractivity contribution in [2.75, 3.05) is 32.8 Å². The van der Waals surface area contributed by atoms with Gasteiger partial charge in [-0.3, -0.25) is 9.59 Å². The van der Waals surface area contributed by atoms with E-state index in [-0.39, 0.29) is 24.1 Å². The van der Waals surface area contributed by atoms with Crippen LogP contribution in [-0.4, -0.2) is 54.4 Å². The highest BCUT2D eigenvalue weighted by Gasteiger charge is 2.43. The maximum atomic E-state index is 13.7. The fourth-order valence-corrected chi connectivity index (χ4v) is 5.28. The Balaban J connectivity index is 1.43. The first-order valence-corrected chi connectivity index (χ1v) is 12.5. The molecule has 2 aliphatic heterocycles. The Morgan fingerprint density at radius 2 is 1.74 bits per heavy atom. The monoisotopic (exact) mass is 466 g/mol. The van der Waals surface area contributed by atoms with Gasteiger partial charge in [0, 0.05) is 19.6 Å². The van der Waals surface area contributed by atoms with Crippen LogP contribution in [0.4, 0.5) is 4.39 Å². The molecule has 1 spiro atoms. The normalized spacial score (nSPS) is 19.1. The molecule has 2 aromatic rings. The summed E-state index contributed by atoms with van der Waals surface area (Å²) >= 11 is 0. The lowest BCUT2D eigenvalue weighted by atomic mass is 9.73. The van der Waals surface area contributed by atoms with Crippen LogP contribution < -0.4 is 4.74 Å². The van der Waals surface area contributed by atoms with Gasteiger partial charge in [-0.05, 0) is 68.4 Å². The molecule has 0 aliphatic carbocycles. The van der Waals surface area contributed by atoms with Crippen LogP contribution in [0.5, 0.6) is 5.75 Å². The first-order valence-electron chi connectivity index (χ1n) is 12.5. The quantitative estimate of drug-likeness (QED) is 0.663. The van der Waals surface area contributed by atoms with Gasteiger partial charge in [0.25, 0.3) is 0 Å². The van der Waals surface area contributed by atoms with Gasteiger partial charge in [-0.2, -0.15) is 0 Å². The molecule has 0 unspecified atom stereocenters. The fraction of sp³-hybridized carbons (Fsp3) is 0.500. The first kappa shape index (κ1) is 24.2. The molecule has 0 saturated carbocycles. The predicted octanol–water partition coefficient (Wildman–Crippen LogP) is 4.63. The van der Waals surface area contributed by atoms with Crippen LogP contribution >= 0.6 is 0 Å². The van der Waals surface area contributed by atoms with Crippen molar-refractivity contribution >= 4 is 11.8 Å². The highest BCUT2D eigenvalue weighted by atomic mass is 19.1. The number of halogens is 1. The van der Waals surface area contributed by atoms with Gasteiger partial charge in [-0.25, -0.2) is 4.39 Å². The highest BCUT2D eigenvalue weighted by molar-refractivity contribution is 5.84. The third kappa shape index (κ3) is 5.60. The second-order valence-corrected chi connectivity index (χ2v) is 9.51. The Labute approximate surface area is 201 Å². The Kier molecular flexibility index (Phi) is 7.86. The third-order valence-electron chi connectivity index (χ3n) is 7.41. The van der Waals surface area contributed by atoms with Gasteiger partial charge in [0.15, 0.2) is 0 Å². The van der Waals surface area contributed by atoms with Crippen molar-refractivity contribution < 1.29 is 18.7 Å². The number of amides is 2. The topological polar surface area (TPSA) is 49.9 Å². The van der Waals surface area contributed by atoms with Crippen LogP contribution in [0.1, 0.15) is 50.2 Å². The number of aryl methyl sites for hydroxylation is 1. The summed E-state index contributed by atoms with van der Waals surface area (Å²) < 4.78 is 19.2. The van der Waals surface area contributed by atoms with E-state index >= 15 is 0 Å². The molecule has 0 aromatic heterocycles. The minimum atomic E-state index is -0.415. The van der Waals surface area contributed by atoms with E-state index in [1.807, 2.05) is 28.9 Å². The summed E-state index contributed by atoms with van der Waals surface area (Å²) in [6.07, 6.45) is 5.42. The number of carbonyl (C=O) groups is 2. The number of hydrogen-bond donors (Lipinski definition) is 0. The van der Waals surface area contributed by atoms with E-state index in [9.17, 15) is 14.0 Å². The molecule has 34 heavy (non-hydrogen) atoms. The molecule has 2 amide bonds. The molecule has 2 heterocycles. The summed E-state index contributed by atoms with van der Waals surface area (Å²) in [4.78, 5) is 30.4. The molecule has 0 bridgehead atoms. The molecular formula is C28H35FN2O3. The lowest BCUT2D eigenvalue weighted by Crippen LogP contribution is -2.52. The fourth-order valence-electron chi connectivity index (χ4n) is 5.28. The molecule has 5 nitrogen and oxygen atoms in total. The molecule has 0 radical (unpaired) electrons. The van der Waals surface area contributed by atoms with Gasteiger partial charge < -0.3 is 14.5 Å². The number of likely N-dealkylation sites (N-methyl/N-ethyl adjacent to an activating group) is 1. The summed E-state index contributed by atoms with van der Waals surface area (Å²) in [6.45, 7) is 4.89. The van der Waals surface area contributed by atoms with E-state index in [1.165, 1.54) is 17.7 Å². The molecule has 1 saturated heterocycles. The van der Waals surface area contributed by atoms with E-state index in [1.54, 1.807) is 12.1 Å². The molecule has 0 atom stereocenters. The molecule has 182 valence electrons. The summed E-state index contributed by atoms with van der Waals surface area (Å²) in [7, 11) is 0. The Bertz CT molecular complexity index is 983. The van der Waals surface area contributed by atoms with Gasteiger partial charge in [0.05, 0.1) is 18.4 Å². The Hall–Kier alpha value is -2.89. The summed E-state index contributed by atoms with van der Waals surface area (Å²) in [6, 6.07) is 14.3. The average molecular weight is 467 g/mol. The zero-order valence-electron chi connectivity index (χ0n) is 20.1. The Morgan fingerprint density at radius 1 is 1.00 bits per heavy atom. The van der Waals surface area contributed by atoms with Gasteiger partial charge in [0.2, 0.25) is 11.8 Å². The van der Waals surface area contributed by atoms with Gasteiger partial charge in [-0.15, -0.1) is 0 Å². The molecule has 2 aliphatic rings. The van der Waals surface area contributed by atoms with Gasteiger partial charge in [0.1, 0.15) is 18.2 Å². The third-order valence-corrected chi connectivity index (χ3v) is 7.41. The van der Waals surface area contributed by atoms with Crippen LogP contribution in [-0.2, 0) is 22.4 Å². The smallest absolute Gasteiger partial charge is 0.229 e. The minimum Gasteiger partial charge on any atom is -0.491 e. The largest absolute Gasteiger partial charge is 0.491 e. The van der Waals surface area contributed by atoms with Crippen LogP contribution in [0, 0.1) is 11.2 Å². The van der Waals surface area contributed by atoms with Crippen molar-refractivity contribution in [2.24, 2.45) is 5.41 Å². The van der Waals surface area contributed by atoms with E-state index in [2.05, 4.69) is 12.1 Å². The van der Waals surface area contributed by atoms with Crippen molar-refractivity contribution in [1.29, 1.82) is 0 Å². The predicted molar refractivity (Wildman–Crippen MR) is 130 cm³/mol. The highest BCUT2D eigenvalue weighted by Crippen LogP contribution is 2.39. The van der Waals surface area contributed by atoms with Crippen molar-refractivity contribution in [3.05, 3.63) is 65.5 Å². The number of rotatable bonds is 3. The zero-order chi connectivity index (χ0) is 24.0. The lowest BCUT2D eigenvalue weighted by Gasteiger charge is -2.43. The number of fused-ring (bicyclic) bond motifs is 1. The minimum absolute atomic E-state index is 0.0411. The second-order valence-electron chi connectivity index (χ2n) is 9.51. The molecule has 2 aromatic carbocycles. The SMILES string of the molecule is CCN1CCOc2ccccc2CCCCC2(CCN(C(=O)Cc3ccc(F)cc3)CC2)C1=O. The number of piperidine rings is 1. The number of carbonyl (C=O) groups excluding carboxylic acids is 2. The molecule has 6 heteroatoms.